The Balaban J connectivity index is 2.33. The van der Waals surface area contributed by atoms with E-state index in [0.29, 0.717) is 6.04 Å². The van der Waals surface area contributed by atoms with Crippen molar-refractivity contribution in [2.75, 3.05) is 14.1 Å². The van der Waals surface area contributed by atoms with Crippen LogP contribution in [0, 0.1) is 11.8 Å². The monoisotopic (exact) mass is 198 g/mol. The molecule has 0 bridgehead atoms. The van der Waals surface area contributed by atoms with Crippen LogP contribution < -0.4 is 5.43 Å². The van der Waals surface area contributed by atoms with Gasteiger partial charge in [-0.3, -0.25) is 10.4 Å². The molecule has 1 rings (SSSR count). The predicted molar refractivity (Wildman–Crippen MR) is 62.0 cm³/mol. The summed E-state index contributed by atoms with van der Waals surface area (Å²) in [6.07, 6.45) is 6.93. The molecule has 0 aliphatic heterocycles. The zero-order valence-corrected chi connectivity index (χ0v) is 10.2. The van der Waals surface area contributed by atoms with Gasteiger partial charge in [-0.15, -0.1) is 0 Å². The van der Waals surface area contributed by atoms with Crippen LogP contribution in [0.2, 0.25) is 0 Å². The molecule has 0 aromatic carbocycles. The first-order valence-electron chi connectivity index (χ1n) is 6.03. The van der Waals surface area contributed by atoms with Crippen LogP contribution in [0.4, 0.5) is 0 Å². The van der Waals surface area contributed by atoms with Crippen molar-refractivity contribution >= 4 is 0 Å². The number of nitrogens with one attached hydrogen (secondary N) is 1. The Labute approximate surface area is 89.0 Å². The lowest BCUT2D eigenvalue weighted by atomic mass is 9.89. The van der Waals surface area contributed by atoms with E-state index in [0.717, 1.165) is 11.8 Å². The molecule has 0 heterocycles. The maximum absolute atomic E-state index is 3.51. The lowest BCUT2D eigenvalue weighted by Crippen LogP contribution is -2.39. The molecule has 0 aromatic rings. The summed E-state index contributed by atoms with van der Waals surface area (Å²) in [5.41, 5.74) is 3.51. The first kappa shape index (κ1) is 12.0. The van der Waals surface area contributed by atoms with Crippen molar-refractivity contribution in [1.82, 2.24) is 10.4 Å². The van der Waals surface area contributed by atoms with E-state index in [1.165, 1.54) is 32.1 Å². The topological polar surface area (TPSA) is 15.3 Å². The standard InChI is InChI=1S/C12H26N2/c1-10(2)11-6-5-7-12(9-8-11)13-14(3)4/h10-13H,5-9H2,1-4H3. The number of hydrogen-bond donors (Lipinski definition) is 1. The summed E-state index contributed by atoms with van der Waals surface area (Å²) in [7, 11) is 4.18. The van der Waals surface area contributed by atoms with Crippen LogP contribution in [0.5, 0.6) is 0 Å². The Morgan fingerprint density at radius 3 is 2.36 bits per heavy atom. The second kappa shape index (κ2) is 5.72. The molecule has 2 heteroatoms. The summed E-state index contributed by atoms with van der Waals surface area (Å²) in [4.78, 5) is 0. The summed E-state index contributed by atoms with van der Waals surface area (Å²) in [5, 5.41) is 2.10. The summed E-state index contributed by atoms with van der Waals surface area (Å²) in [6.45, 7) is 4.73. The predicted octanol–water partition coefficient (Wildman–Crippen LogP) is 2.66. The Morgan fingerprint density at radius 1 is 1.07 bits per heavy atom. The number of rotatable bonds is 3. The molecule has 0 amide bonds. The van der Waals surface area contributed by atoms with E-state index >= 15 is 0 Å². The van der Waals surface area contributed by atoms with Gasteiger partial charge in [-0.1, -0.05) is 26.7 Å². The fraction of sp³-hybridized carbons (Fsp3) is 1.00. The van der Waals surface area contributed by atoms with Crippen LogP contribution in [-0.2, 0) is 0 Å². The molecular weight excluding hydrogens is 172 g/mol. The second-order valence-corrected chi connectivity index (χ2v) is 5.23. The van der Waals surface area contributed by atoms with Gasteiger partial charge in [0.25, 0.3) is 0 Å². The third-order valence-corrected chi connectivity index (χ3v) is 3.40. The van der Waals surface area contributed by atoms with Crippen LogP contribution in [0.1, 0.15) is 46.0 Å². The van der Waals surface area contributed by atoms with Gasteiger partial charge >= 0.3 is 0 Å². The SMILES string of the molecule is CC(C)C1CCCC(NN(C)C)CC1. The van der Waals surface area contributed by atoms with E-state index in [9.17, 15) is 0 Å². The molecule has 1 aliphatic carbocycles. The normalized spacial score (nSPS) is 29.6. The highest BCUT2D eigenvalue weighted by Gasteiger charge is 2.20. The van der Waals surface area contributed by atoms with E-state index in [1.807, 2.05) is 0 Å². The first-order chi connectivity index (χ1) is 6.59. The van der Waals surface area contributed by atoms with Crippen molar-refractivity contribution < 1.29 is 0 Å². The van der Waals surface area contributed by atoms with Gasteiger partial charge in [-0.2, -0.15) is 0 Å². The van der Waals surface area contributed by atoms with Gasteiger partial charge in [0.15, 0.2) is 0 Å². The van der Waals surface area contributed by atoms with Crippen molar-refractivity contribution in [3.8, 4) is 0 Å². The van der Waals surface area contributed by atoms with E-state index in [2.05, 4.69) is 38.4 Å². The Bertz CT molecular complexity index is 154. The quantitative estimate of drug-likeness (QED) is 0.554. The summed E-state index contributed by atoms with van der Waals surface area (Å²) >= 11 is 0. The average Bonchev–Trinajstić information content (AvgIpc) is 2.28. The van der Waals surface area contributed by atoms with E-state index < -0.39 is 0 Å². The van der Waals surface area contributed by atoms with E-state index in [-0.39, 0.29) is 0 Å². The zero-order valence-electron chi connectivity index (χ0n) is 10.2. The summed E-state index contributed by atoms with van der Waals surface area (Å²) < 4.78 is 0. The molecule has 0 radical (unpaired) electrons. The molecule has 1 fully saturated rings. The lowest BCUT2D eigenvalue weighted by molar-refractivity contribution is 0.225. The molecule has 1 saturated carbocycles. The molecule has 2 nitrogen and oxygen atoms in total. The largest absolute Gasteiger partial charge is 0.253 e. The number of nitrogens with zero attached hydrogens (tertiary/aromatic N) is 1. The van der Waals surface area contributed by atoms with Crippen molar-refractivity contribution in [3.05, 3.63) is 0 Å². The summed E-state index contributed by atoms with van der Waals surface area (Å²) in [6, 6.07) is 0.716. The fourth-order valence-electron chi connectivity index (χ4n) is 2.49. The van der Waals surface area contributed by atoms with Gasteiger partial charge in [0, 0.05) is 20.1 Å². The zero-order chi connectivity index (χ0) is 10.6. The molecule has 2 unspecified atom stereocenters. The van der Waals surface area contributed by atoms with Gasteiger partial charge in [0.1, 0.15) is 0 Å². The Kier molecular flexibility index (Phi) is 4.90. The average molecular weight is 198 g/mol. The van der Waals surface area contributed by atoms with Crippen LogP contribution >= 0.6 is 0 Å². The number of hydrogen-bond acceptors (Lipinski definition) is 2. The molecule has 2 atom stereocenters. The Hall–Kier alpha value is -0.0800. The minimum atomic E-state index is 0.716. The molecule has 0 spiro atoms. The minimum Gasteiger partial charge on any atom is -0.253 e. The minimum absolute atomic E-state index is 0.716. The lowest BCUT2D eigenvalue weighted by Gasteiger charge is -2.22. The van der Waals surface area contributed by atoms with Gasteiger partial charge in [-0.25, -0.2) is 0 Å². The maximum atomic E-state index is 3.51. The van der Waals surface area contributed by atoms with Gasteiger partial charge < -0.3 is 0 Å². The van der Waals surface area contributed by atoms with Crippen molar-refractivity contribution in [2.24, 2.45) is 11.8 Å². The van der Waals surface area contributed by atoms with Gasteiger partial charge in [0.05, 0.1) is 0 Å². The van der Waals surface area contributed by atoms with E-state index in [1.54, 1.807) is 0 Å². The van der Waals surface area contributed by atoms with Crippen LogP contribution in [0.25, 0.3) is 0 Å². The van der Waals surface area contributed by atoms with Crippen molar-refractivity contribution in [1.29, 1.82) is 0 Å². The molecule has 1 N–H and O–H groups in total. The first-order valence-corrected chi connectivity index (χ1v) is 6.03. The molecule has 84 valence electrons. The van der Waals surface area contributed by atoms with Crippen LogP contribution in [-0.4, -0.2) is 25.1 Å². The van der Waals surface area contributed by atoms with Gasteiger partial charge in [-0.05, 0) is 31.1 Å². The highest BCUT2D eigenvalue weighted by atomic mass is 15.5. The molecular formula is C12H26N2. The summed E-state index contributed by atoms with van der Waals surface area (Å²) in [5.74, 6) is 1.83. The van der Waals surface area contributed by atoms with Gasteiger partial charge in [0.2, 0.25) is 0 Å². The highest BCUT2D eigenvalue weighted by molar-refractivity contribution is 4.75. The third-order valence-electron chi connectivity index (χ3n) is 3.40. The second-order valence-electron chi connectivity index (χ2n) is 5.23. The molecule has 0 aromatic heterocycles. The molecule has 14 heavy (non-hydrogen) atoms. The maximum Gasteiger partial charge on any atom is 0.0215 e. The van der Waals surface area contributed by atoms with Crippen LogP contribution in [0.3, 0.4) is 0 Å². The molecule has 1 aliphatic rings. The Morgan fingerprint density at radius 2 is 1.79 bits per heavy atom. The highest BCUT2D eigenvalue weighted by Crippen LogP contribution is 2.28. The fourth-order valence-corrected chi connectivity index (χ4v) is 2.49. The molecule has 0 saturated heterocycles. The van der Waals surface area contributed by atoms with Crippen molar-refractivity contribution in [2.45, 2.75) is 52.0 Å². The van der Waals surface area contributed by atoms with Crippen molar-refractivity contribution in [3.63, 3.8) is 0 Å². The smallest absolute Gasteiger partial charge is 0.0215 e. The number of hydrazine groups is 1. The third kappa shape index (κ3) is 3.97. The van der Waals surface area contributed by atoms with E-state index in [4.69, 9.17) is 0 Å². The van der Waals surface area contributed by atoms with Crippen LogP contribution in [0.15, 0.2) is 0 Å².